The lowest BCUT2D eigenvalue weighted by molar-refractivity contribution is -0.116. The molecule has 0 aliphatic rings. The molecule has 4 nitrogen and oxygen atoms in total. The Bertz CT molecular complexity index is 507. The molecule has 0 spiro atoms. The van der Waals surface area contributed by atoms with Crippen LogP contribution in [0.1, 0.15) is 39.2 Å². The summed E-state index contributed by atoms with van der Waals surface area (Å²) in [5.41, 5.74) is 8.07. The highest BCUT2D eigenvalue weighted by atomic mass is 32.2. The first-order valence-corrected chi connectivity index (χ1v) is 8.06. The van der Waals surface area contributed by atoms with Crippen molar-refractivity contribution < 1.29 is 9.00 Å². The number of hydrogen-bond donors (Lipinski definition) is 2. The van der Waals surface area contributed by atoms with E-state index in [1.807, 2.05) is 33.8 Å². The van der Waals surface area contributed by atoms with Gasteiger partial charge >= 0.3 is 0 Å². The van der Waals surface area contributed by atoms with Crippen LogP contribution in [0.2, 0.25) is 0 Å². The minimum absolute atomic E-state index is 0.0521. The van der Waals surface area contributed by atoms with Gasteiger partial charge in [0.05, 0.1) is 0 Å². The fraction of sp³-hybridized carbons (Fsp3) is 0.533. The first-order valence-electron chi connectivity index (χ1n) is 6.74. The molecule has 1 atom stereocenters. The fourth-order valence-electron chi connectivity index (χ4n) is 1.71. The topological polar surface area (TPSA) is 72.2 Å². The molecule has 5 heteroatoms. The van der Waals surface area contributed by atoms with Gasteiger partial charge in [0.1, 0.15) is 0 Å². The molecule has 1 amide bonds. The van der Waals surface area contributed by atoms with Gasteiger partial charge in [-0.05, 0) is 57.9 Å². The highest BCUT2D eigenvalue weighted by Gasteiger charge is 2.19. The van der Waals surface area contributed by atoms with Crippen LogP contribution < -0.4 is 11.1 Å². The Morgan fingerprint density at radius 1 is 1.35 bits per heavy atom. The zero-order valence-electron chi connectivity index (χ0n) is 12.7. The third kappa shape index (κ3) is 5.33. The van der Waals surface area contributed by atoms with Crippen LogP contribution in [0.3, 0.4) is 0 Å². The molecule has 112 valence electrons. The monoisotopic (exact) mass is 296 g/mol. The maximum absolute atomic E-state index is 11.9. The number of nitrogen functional groups attached to an aromatic ring is 1. The normalized spacial score (nSPS) is 13.0. The number of aryl methyl sites for hydroxylation is 1. The molecule has 0 heterocycles. The number of amides is 1. The maximum Gasteiger partial charge on any atom is 0.224 e. The van der Waals surface area contributed by atoms with Crippen molar-refractivity contribution in [1.82, 2.24) is 0 Å². The Morgan fingerprint density at radius 3 is 2.55 bits per heavy atom. The Hall–Kier alpha value is -1.36. The van der Waals surface area contributed by atoms with Crippen LogP contribution >= 0.6 is 0 Å². The van der Waals surface area contributed by atoms with E-state index in [1.54, 1.807) is 12.1 Å². The lowest BCUT2D eigenvalue weighted by Crippen LogP contribution is -2.24. The van der Waals surface area contributed by atoms with Crippen LogP contribution in [0.25, 0.3) is 0 Å². The summed E-state index contributed by atoms with van der Waals surface area (Å²) in [5, 5.41) is 2.86. The summed E-state index contributed by atoms with van der Waals surface area (Å²) in [7, 11) is -0.904. The van der Waals surface area contributed by atoms with Gasteiger partial charge in [-0.25, -0.2) is 0 Å². The SMILES string of the molecule is Cc1cc(N)ccc1NC(=O)CCCS(=O)C(C)(C)C. The van der Waals surface area contributed by atoms with Crippen LogP contribution in [0.15, 0.2) is 18.2 Å². The van der Waals surface area contributed by atoms with Gasteiger partial charge < -0.3 is 11.1 Å². The van der Waals surface area contributed by atoms with Gasteiger partial charge in [0.2, 0.25) is 5.91 Å². The van der Waals surface area contributed by atoms with Crippen molar-refractivity contribution in [2.45, 2.75) is 45.3 Å². The number of rotatable bonds is 5. The van der Waals surface area contributed by atoms with Crippen LogP contribution in [0.5, 0.6) is 0 Å². The molecule has 0 aliphatic heterocycles. The zero-order valence-corrected chi connectivity index (χ0v) is 13.5. The number of nitrogens with two attached hydrogens (primary N) is 1. The standard InChI is InChI=1S/C15H24N2O2S/c1-11-10-12(16)7-8-13(11)17-14(18)6-5-9-20(19)15(2,3)4/h7-8,10H,5-6,9,16H2,1-4H3,(H,17,18). The molecule has 0 aromatic heterocycles. The van der Waals surface area contributed by atoms with Gasteiger partial charge in [-0.2, -0.15) is 0 Å². The van der Waals surface area contributed by atoms with Crippen molar-refractivity contribution in [3.63, 3.8) is 0 Å². The number of carbonyl (C=O) groups is 1. The average Bonchev–Trinajstić information content (AvgIpc) is 2.31. The molecule has 1 aromatic rings. The number of carbonyl (C=O) groups excluding carboxylic acids is 1. The minimum Gasteiger partial charge on any atom is -0.399 e. The Labute approximate surface area is 123 Å². The van der Waals surface area contributed by atoms with Gasteiger partial charge in [-0.15, -0.1) is 0 Å². The largest absolute Gasteiger partial charge is 0.399 e. The van der Waals surface area contributed by atoms with Crippen LogP contribution in [0.4, 0.5) is 11.4 Å². The van der Waals surface area contributed by atoms with Gasteiger partial charge in [0.15, 0.2) is 0 Å². The molecule has 0 radical (unpaired) electrons. The van der Waals surface area contributed by atoms with E-state index in [0.717, 1.165) is 11.3 Å². The van der Waals surface area contributed by atoms with Crippen LogP contribution in [-0.4, -0.2) is 20.6 Å². The average molecular weight is 296 g/mol. The molecule has 0 saturated carbocycles. The maximum atomic E-state index is 11.9. The summed E-state index contributed by atoms with van der Waals surface area (Å²) < 4.78 is 11.6. The highest BCUT2D eigenvalue weighted by Crippen LogP contribution is 2.18. The van der Waals surface area contributed by atoms with Crippen molar-refractivity contribution in [3.8, 4) is 0 Å². The van der Waals surface area contributed by atoms with E-state index in [0.29, 0.717) is 24.3 Å². The van der Waals surface area contributed by atoms with E-state index in [4.69, 9.17) is 5.73 Å². The lowest BCUT2D eigenvalue weighted by Gasteiger charge is -2.17. The Kier molecular flexibility index (Phi) is 5.74. The highest BCUT2D eigenvalue weighted by molar-refractivity contribution is 7.86. The first kappa shape index (κ1) is 16.7. The van der Waals surface area contributed by atoms with Crippen molar-refractivity contribution in [1.29, 1.82) is 0 Å². The molecule has 1 unspecified atom stereocenters. The van der Waals surface area contributed by atoms with Gasteiger partial charge in [0.25, 0.3) is 0 Å². The molecule has 0 fully saturated rings. The second-order valence-corrected chi connectivity index (χ2v) is 8.21. The number of benzene rings is 1. The summed E-state index contributed by atoms with van der Waals surface area (Å²) in [6.45, 7) is 7.74. The molecule has 3 N–H and O–H groups in total. The van der Waals surface area contributed by atoms with Gasteiger partial charge in [0, 0.05) is 39.1 Å². The van der Waals surface area contributed by atoms with E-state index in [9.17, 15) is 9.00 Å². The summed E-state index contributed by atoms with van der Waals surface area (Å²) in [6.07, 6.45) is 1.01. The molecule has 0 aliphatic carbocycles. The Morgan fingerprint density at radius 2 is 2.00 bits per heavy atom. The van der Waals surface area contributed by atoms with E-state index < -0.39 is 10.8 Å². The van der Waals surface area contributed by atoms with Crippen molar-refractivity contribution in [2.24, 2.45) is 0 Å². The molecule has 20 heavy (non-hydrogen) atoms. The third-order valence-electron chi connectivity index (χ3n) is 2.94. The summed E-state index contributed by atoms with van der Waals surface area (Å²) in [4.78, 5) is 11.8. The molecular weight excluding hydrogens is 272 g/mol. The van der Waals surface area contributed by atoms with Gasteiger partial charge in [-0.3, -0.25) is 9.00 Å². The van der Waals surface area contributed by atoms with E-state index in [1.165, 1.54) is 0 Å². The summed E-state index contributed by atoms with van der Waals surface area (Å²) in [5.74, 6) is 0.501. The number of anilines is 2. The molecule has 1 rings (SSSR count). The minimum atomic E-state index is -0.904. The van der Waals surface area contributed by atoms with Crippen LogP contribution in [0, 0.1) is 6.92 Å². The van der Waals surface area contributed by atoms with E-state index in [2.05, 4.69) is 5.32 Å². The quantitative estimate of drug-likeness (QED) is 0.821. The van der Waals surface area contributed by atoms with Crippen molar-refractivity contribution in [2.75, 3.05) is 16.8 Å². The predicted octanol–water partition coefficient (Wildman–Crippen LogP) is 2.84. The lowest BCUT2D eigenvalue weighted by atomic mass is 10.1. The van der Waals surface area contributed by atoms with Crippen molar-refractivity contribution >= 4 is 28.1 Å². The molecule has 1 aromatic carbocycles. The smallest absolute Gasteiger partial charge is 0.224 e. The van der Waals surface area contributed by atoms with Crippen molar-refractivity contribution in [3.05, 3.63) is 23.8 Å². The molecule has 0 bridgehead atoms. The summed E-state index contributed by atoms with van der Waals surface area (Å²) >= 11 is 0. The van der Waals surface area contributed by atoms with E-state index in [-0.39, 0.29) is 10.7 Å². The molecular formula is C15H24N2O2S. The molecule has 0 saturated heterocycles. The fourth-order valence-corrected chi connectivity index (χ4v) is 2.73. The number of hydrogen-bond acceptors (Lipinski definition) is 3. The Balaban J connectivity index is 2.43. The second kappa shape index (κ2) is 6.88. The zero-order chi connectivity index (χ0) is 15.3. The van der Waals surface area contributed by atoms with E-state index >= 15 is 0 Å². The van der Waals surface area contributed by atoms with Gasteiger partial charge in [-0.1, -0.05) is 0 Å². The predicted molar refractivity (Wildman–Crippen MR) is 86.2 cm³/mol. The summed E-state index contributed by atoms with van der Waals surface area (Å²) in [6, 6.07) is 5.39. The third-order valence-corrected chi connectivity index (χ3v) is 4.97. The first-order chi connectivity index (χ1) is 9.20. The number of nitrogens with one attached hydrogen (secondary N) is 1. The van der Waals surface area contributed by atoms with Crippen LogP contribution in [-0.2, 0) is 15.6 Å². The second-order valence-electron chi connectivity index (χ2n) is 5.89.